The van der Waals surface area contributed by atoms with Crippen molar-refractivity contribution in [1.29, 1.82) is 0 Å². The van der Waals surface area contributed by atoms with Crippen molar-refractivity contribution in [1.82, 2.24) is 0 Å². The van der Waals surface area contributed by atoms with Gasteiger partial charge in [-0.2, -0.15) is 13.2 Å². The van der Waals surface area contributed by atoms with Gasteiger partial charge < -0.3 is 4.43 Å². The monoisotopic (exact) mass is 420 g/mol. The van der Waals surface area contributed by atoms with Gasteiger partial charge in [-0.15, -0.1) is 0 Å². The van der Waals surface area contributed by atoms with Gasteiger partial charge in [-0.25, -0.2) is 0 Å². The summed E-state index contributed by atoms with van der Waals surface area (Å²) in [4.78, 5) is 0. The fourth-order valence-corrected chi connectivity index (χ4v) is 3.62. The van der Waals surface area contributed by atoms with Crippen molar-refractivity contribution in [3.8, 4) is 0 Å². The van der Waals surface area contributed by atoms with E-state index in [1.54, 1.807) is 0 Å². The largest absolute Gasteiger partial charge is 0.540 e. The highest BCUT2D eigenvalue weighted by Gasteiger charge is 2.45. The van der Waals surface area contributed by atoms with E-state index in [0.29, 0.717) is 6.42 Å². The lowest BCUT2D eigenvalue weighted by Gasteiger charge is -2.37. The Balaban J connectivity index is 4.15. The summed E-state index contributed by atoms with van der Waals surface area (Å²) in [7, 11) is -2.48. The average molecular weight is 421 g/mol. The zero-order valence-electron chi connectivity index (χ0n) is 19.1. The molecule has 0 N–H and O–H groups in total. The summed E-state index contributed by atoms with van der Waals surface area (Å²) in [6.07, 6.45) is 13.2. The Kier molecular flexibility index (Phi) is 13.2. The van der Waals surface area contributed by atoms with Gasteiger partial charge in [0.2, 0.25) is 8.32 Å². The molecule has 0 aliphatic carbocycles. The smallest absolute Gasteiger partial charge is 0.447 e. The zero-order chi connectivity index (χ0) is 21.7. The molecule has 0 aromatic carbocycles. The van der Waals surface area contributed by atoms with E-state index in [2.05, 4.69) is 19.1 Å². The standard InChI is InChI=1S/C23H43F3OSi/c1-7-8-9-10-11-12-13-14-15-16-17-18-19-20-21(23(24,25)26)27-28(5,6)22(2,3)4/h13-14,20H,7-12,15-19H2,1-6H3/b14-13+,21-20+. The molecule has 0 radical (unpaired) electrons. The first kappa shape index (κ1) is 27.3. The predicted molar refractivity (Wildman–Crippen MR) is 118 cm³/mol. The minimum absolute atomic E-state index is 0.250. The Labute approximate surface area is 173 Å². The van der Waals surface area contributed by atoms with Gasteiger partial charge in [0.1, 0.15) is 0 Å². The highest BCUT2D eigenvalue weighted by molar-refractivity contribution is 6.74. The van der Waals surface area contributed by atoms with E-state index in [0.717, 1.165) is 32.1 Å². The topological polar surface area (TPSA) is 9.23 Å². The molecular weight excluding hydrogens is 377 g/mol. The van der Waals surface area contributed by atoms with E-state index >= 15 is 0 Å². The second-order valence-corrected chi connectivity index (χ2v) is 14.0. The highest BCUT2D eigenvalue weighted by Crippen LogP contribution is 2.41. The molecule has 0 aromatic heterocycles. The second-order valence-electron chi connectivity index (χ2n) is 9.24. The maximum Gasteiger partial charge on any atom is 0.447 e. The maximum absolute atomic E-state index is 13.3. The Morgan fingerprint density at radius 1 is 0.786 bits per heavy atom. The molecule has 5 heteroatoms. The molecule has 0 spiro atoms. The molecule has 166 valence electrons. The van der Waals surface area contributed by atoms with Gasteiger partial charge in [-0.05, 0) is 62.7 Å². The minimum Gasteiger partial charge on any atom is -0.540 e. The predicted octanol–water partition coefficient (Wildman–Crippen LogP) is 9.32. The van der Waals surface area contributed by atoms with Crippen LogP contribution in [0.3, 0.4) is 0 Å². The van der Waals surface area contributed by atoms with Crippen LogP contribution in [0.15, 0.2) is 24.0 Å². The summed E-state index contributed by atoms with van der Waals surface area (Å²) in [5.41, 5.74) is 0. The molecule has 0 unspecified atom stereocenters. The Morgan fingerprint density at radius 2 is 1.25 bits per heavy atom. The van der Waals surface area contributed by atoms with E-state index in [9.17, 15) is 13.2 Å². The van der Waals surface area contributed by atoms with Crippen molar-refractivity contribution in [3.05, 3.63) is 24.0 Å². The third kappa shape index (κ3) is 12.7. The molecule has 0 aliphatic heterocycles. The van der Waals surface area contributed by atoms with Crippen molar-refractivity contribution < 1.29 is 17.6 Å². The van der Waals surface area contributed by atoms with Crippen LogP contribution in [0.4, 0.5) is 13.2 Å². The van der Waals surface area contributed by atoms with Crippen LogP contribution in [-0.2, 0) is 4.43 Å². The first-order chi connectivity index (χ1) is 12.9. The second kappa shape index (κ2) is 13.5. The number of unbranched alkanes of at least 4 members (excludes halogenated alkanes) is 9. The lowest BCUT2D eigenvalue weighted by molar-refractivity contribution is -0.118. The van der Waals surface area contributed by atoms with E-state index in [-0.39, 0.29) is 5.04 Å². The number of rotatable bonds is 14. The quantitative estimate of drug-likeness (QED) is 0.118. The van der Waals surface area contributed by atoms with Crippen molar-refractivity contribution >= 4 is 8.32 Å². The normalized spacial score (nSPS) is 14.1. The molecule has 0 fully saturated rings. The Hall–Kier alpha value is -0.713. The van der Waals surface area contributed by atoms with Crippen molar-refractivity contribution in [3.63, 3.8) is 0 Å². The number of hydrogen-bond donors (Lipinski definition) is 0. The summed E-state index contributed by atoms with van der Waals surface area (Å²) in [6, 6.07) is 0. The van der Waals surface area contributed by atoms with Crippen LogP contribution in [0.1, 0.15) is 98.3 Å². The third-order valence-corrected chi connectivity index (χ3v) is 9.84. The summed E-state index contributed by atoms with van der Waals surface area (Å²) in [6.45, 7) is 11.8. The lowest BCUT2D eigenvalue weighted by Crippen LogP contribution is -2.42. The molecule has 0 amide bonds. The number of hydrogen-bond acceptors (Lipinski definition) is 1. The molecule has 0 atom stereocenters. The van der Waals surface area contributed by atoms with Crippen LogP contribution in [-0.4, -0.2) is 14.5 Å². The Bertz CT molecular complexity index is 459. The average Bonchev–Trinajstić information content (AvgIpc) is 2.56. The van der Waals surface area contributed by atoms with Gasteiger partial charge >= 0.3 is 6.18 Å². The van der Waals surface area contributed by atoms with Crippen LogP contribution in [0.2, 0.25) is 18.1 Å². The fraction of sp³-hybridized carbons (Fsp3) is 0.826. The van der Waals surface area contributed by atoms with Crippen LogP contribution in [0.5, 0.6) is 0 Å². The molecule has 0 aliphatic rings. The lowest BCUT2D eigenvalue weighted by atomic mass is 10.1. The third-order valence-electron chi connectivity index (χ3n) is 5.50. The van der Waals surface area contributed by atoms with Gasteiger partial charge in [0.25, 0.3) is 0 Å². The summed E-state index contributed by atoms with van der Waals surface area (Å²) in [5, 5.41) is -0.250. The number of allylic oxidation sites excluding steroid dienone is 4. The molecule has 1 nitrogen and oxygen atoms in total. The molecule has 0 bridgehead atoms. The molecule has 0 saturated carbocycles. The molecule has 0 saturated heterocycles. The minimum atomic E-state index is -4.41. The number of alkyl halides is 3. The highest BCUT2D eigenvalue weighted by atomic mass is 28.4. The fourth-order valence-electron chi connectivity index (χ4n) is 2.56. The van der Waals surface area contributed by atoms with Crippen LogP contribution in [0.25, 0.3) is 0 Å². The van der Waals surface area contributed by atoms with E-state index in [1.165, 1.54) is 38.2 Å². The number of halogens is 3. The SMILES string of the molecule is CCCCCCC/C=C/CCCCC/C=C(/O[Si](C)(C)C(C)(C)C)C(F)(F)F. The van der Waals surface area contributed by atoms with E-state index < -0.39 is 20.3 Å². The van der Waals surface area contributed by atoms with E-state index in [4.69, 9.17) is 4.43 Å². The van der Waals surface area contributed by atoms with Crippen LogP contribution < -0.4 is 0 Å². The molecule has 0 aromatic rings. The maximum atomic E-state index is 13.3. The summed E-state index contributed by atoms with van der Waals surface area (Å²) >= 11 is 0. The van der Waals surface area contributed by atoms with Crippen molar-refractivity contribution in [2.45, 2.75) is 123 Å². The van der Waals surface area contributed by atoms with Gasteiger partial charge in [0.05, 0.1) is 0 Å². The van der Waals surface area contributed by atoms with Crippen molar-refractivity contribution in [2.24, 2.45) is 0 Å². The first-order valence-electron chi connectivity index (χ1n) is 11.0. The zero-order valence-corrected chi connectivity index (χ0v) is 20.1. The van der Waals surface area contributed by atoms with Gasteiger partial charge in [0, 0.05) is 0 Å². The molecule has 0 heterocycles. The summed E-state index contributed by atoms with van der Waals surface area (Å²) < 4.78 is 45.5. The van der Waals surface area contributed by atoms with Gasteiger partial charge in [-0.3, -0.25) is 0 Å². The van der Waals surface area contributed by atoms with Crippen molar-refractivity contribution in [2.75, 3.05) is 0 Å². The first-order valence-corrected chi connectivity index (χ1v) is 13.9. The van der Waals surface area contributed by atoms with Crippen LogP contribution in [0, 0.1) is 0 Å². The van der Waals surface area contributed by atoms with Gasteiger partial charge in [0.15, 0.2) is 5.76 Å². The van der Waals surface area contributed by atoms with Crippen LogP contribution >= 0.6 is 0 Å². The molecular formula is C23H43F3OSi. The van der Waals surface area contributed by atoms with Gasteiger partial charge in [-0.1, -0.05) is 72.0 Å². The molecule has 0 rings (SSSR count). The molecule has 28 heavy (non-hydrogen) atoms. The Morgan fingerprint density at radius 3 is 1.71 bits per heavy atom. The van der Waals surface area contributed by atoms with E-state index in [1.807, 2.05) is 33.9 Å². The summed E-state index contributed by atoms with van der Waals surface area (Å²) in [5.74, 6) is -0.790.